The van der Waals surface area contributed by atoms with Gasteiger partial charge in [-0.3, -0.25) is 9.59 Å². The van der Waals surface area contributed by atoms with Crippen molar-refractivity contribution in [3.8, 4) is 0 Å². The van der Waals surface area contributed by atoms with Crippen LogP contribution in [0.4, 0.5) is 0 Å². The van der Waals surface area contributed by atoms with Crippen molar-refractivity contribution < 1.29 is 14.3 Å². The van der Waals surface area contributed by atoms with Crippen LogP contribution in [0.25, 0.3) is 29.9 Å². The molecule has 0 unspecified atom stereocenters. The van der Waals surface area contributed by atoms with Gasteiger partial charge in [0.2, 0.25) is 0 Å². The van der Waals surface area contributed by atoms with Crippen LogP contribution in [0.1, 0.15) is 81.7 Å². The van der Waals surface area contributed by atoms with E-state index in [2.05, 4.69) is 52.6 Å². The standard InChI is InChI=1S/C33H34N4O3.Mg/c1-9-19-16(5)22-11-21-14(3)15(4)30(36-21)28-29(33(39)40-8)32(38)27-18(7)24(37-31(27)28)13-26-20(10-2)17(6)23(35-26)12-25(19)34-22;/h9,11-15,29H,1,10H2,2-8H3,(H2,36,37,38);/q-2;+2/p-1/b21-11-,23-12-,26-13-;/t14-,15-,29+;/m0./s1. The van der Waals surface area contributed by atoms with Crippen molar-refractivity contribution in [2.45, 2.75) is 48.0 Å². The van der Waals surface area contributed by atoms with E-state index in [1.807, 2.05) is 25.2 Å². The minimum Gasteiger partial charge on any atom is -0.657 e. The third kappa shape index (κ3) is 4.14. The van der Waals surface area contributed by atoms with E-state index in [4.69, 9.17) is 19.7 Å². The largest absolute Gasteiger partial charge is 2.00 e. The number of nitrogens with one attached hydrogen (secondary N) is 1. The molecule has 8 heteroatoms. The number of nitrogens with zero attached hydrogens (tertiary/aromatic N) is 3. The van der Waals surface area contributed by atoms with Crippen LogP contribution in [-0.2, 0) is 16.0 Å². The van der Waals surface area contributed by atoms with Gasteiger partial charge in [-0.15, -0.1) is 33.5 Å². The average molecular weight is 558 g/mol. The number of Topliss-reactive ketones (excluding diaryl/α,β-unsaturated/α-hetero) is 1. The molecule has 0 amide bonds. The van der Waals surface area contributed by atoms with Crippen LogP contribution < -0.4 is 31.0 Å². The van der Waals surface area contributed by atoms with E-state index in [1.165, 1.54) is 7.11 Å². The molecule has 0 radical (unpaired) electrons. The Morgan fingerprint density at radius 2 is 1.66 bits per heavy atom. The summed E-state index contributed by atoms with van der Waals surface area (Å²) >= 11 is 0. The van der Waals surface area contributed by atoms with Crippen molar-refractivity contribution in [1.82, 2.24) is 20.3 Å². The zero-order valence-corrected chi connectivity index (χ0v) is 26.1. The first-order chi connectivity index (χ1) is 19.1. The van der Waals surface area contributed by atoms with Gasteiger partial charge >= 0.3 is 29.0 Å². The molecular weight excluding hydrogens is 525 g/mol. The second kappa shape index (κ2) is 10.4. The van der Waals surface area contributed by atoms with Gasteiger partial charge in [0.1, 0.15) is 5.92 Å². The van der Waals surface area contributed by atoms with Crippen LogP contribution in [0.15, 0.2) is 18.0 Å². The number of rotatable bonds is 3. The molecule has 1 N–H and O–H groups in total. The molecule has 3 atom stereocenters. The maximum Gasteiger partial charge on any atom is 2.00 e. The first-order valence-electron chi connectivity index (χ1n) is 13.8. The Balaban J connectivity index is 0.00000337. The summed E-state index contributed by atoms with van der Waals surface area (Å²) < 4.78 is 5.12. The predicted octanol–water partition coefficient (Wildman–Crippen LogP) is 2.89. The first-order valence-corrected chi connectivity index (χ1v) is 13.8. The van der Waals surface area contributed by atoms with Crippen molar-refractivity contribution in [2.24, 2.45) is 17.8 Å². The zero-order valence-electron chi connectivity index (χ0n) is 24.7. The van der Waals surface area contributed by atoms with Crippen molar-refractivity contribution in [3.05, 3.63) is 84.8 Å². The molecule has 1 fully saturated rings. The molecule has 1 saturated heterocycles. The number of carbonyl (C=O) groups is 2. The number of esters is 1. The number of allylic oxidation sites excluding steroid dienone is 2. The second-order valence-corrected chi connectivity index (χ2v) is 11.0. The Morgan fingerprint density at radius 1 is 0.976 bits per heavy atom. The van der Waals surface area contributed by atoms with Gasteiger partial charge in [0.05, 0.1) is 7.11 Å². The molecule has 0 spiro atoms. The van der Waals surface area contributed by atoms with E-state index in [0.717, 1.165) is 67.7 Å². The van der Waals surface area contributed by atoms with Crippen LogP contribution in [0.3, 0.4) is 0 Å². The van der Waals surface area contributed by atoms with Gasteiger partial charge in [-0.05, 0) is 38.3 Å². The summed E-state index contributed by atoms with van der Waals surface area (Å²) in [5.41, 5.74) is 10.8. The van der Waals surface area contributed by atoms with Crippen molar-refractivity contribution in [1.29, 1.82) is 0 Å². The molecule has 8 bridgehead atoms. The normalized spacial score (nSPS) is 25.3. The molecule has 3 aliphatic rings. The molecular formula is C33H33MgN4O3-. The van der Waals surface area contributed by atoms with Crippen LogP contribution in [0.5, 0.6) is 0 Å². The Morgan fingerprint density at radius 3 is 2.32 bits per heavy atom. The number of aromatic nitrogens is 3. The van der Waals surface area contributed by atoms with Crippen molar-refractivity contribution in [3.63, 3.8) is 0 Å². The topological polar surface area (TPSA) is 97.7 Å². The van der Waals surface area contributed by atoms with E-state index in [1.54, 1.807) is 0 Å². The van der Waals surface area contributed by atoms with Crippen molar-refractivity contribution in [2.75, 3.05) is 7.11 Å². The van der Waals surface area contributed by atoms with Crippen LogP contribution in [-0.4, -0.2) is 41.9 Å². The number of hydrogen-bond acceptors (Lipinski definition) is 4. The summed E-state index contributed by atoms with van der Waals surface area (Å²) in [5.74, 6) is -1.77. The van der Waals surface area contributed by atoms with Crippen molar-refractivity contribution >= 4 is 64.7 Å². The monoisotopic (exact) mass is 557 g/mol. The molecule has 3 aromatic heterocycles. The number of hydrogen-bond donors (Lipinski definition) is 1. The van der Waals surface area contributed by atoms with Crippen LogP contribution in [0, 0.1) is 38.5 Å². The summed E-state index contributed by atoms with van der Waals surface area (Å²) in [6, 6.07) is 0. The molecule has 1 aliphatic carbocycles. The molecule has 6 rings (SSSR count). The van der Waals surface area contributed by atoms with E-state index >= 15 is 0 Å². The number of ketones is 1. The summed E-state index contributed by atoms with van der Waals surface area (Å²) in [4.78, 5) is 41.8. The summed E-state index contributed by atoms with van der Waals surface area (Å²) in [6.07, 6.45) is 8.73. The van der Waals surface area contributed by atoms with Gasteiger partial charge in [0.25, 0.3) is 0 Å². The number of ether oxygens (including phenoxy) is 1. The van der Waals surface area contributed by atoms with Crippen LogP contribution in [0.2, 0.25) is 0 Å². The first kappa shape index (κ1) is 29.0. The van der Waals surface area contributed by atoms with Crippen LogP contribution >= 0.6 is 0 Å². The predicted molar refractivity (Wildman–Crippen MR) is 161 cm³/mol. The number of carbonyl (C=O) groups excluding carboxylic acids is 2. The minimum atomic E-state index is -1.05. The van der Waals surface area contributed by atoms with Gasteiger partial charge in [0, 0.05) is 28.8 Å². The average Bonchev–Trinajstić information content (AvgIpc) is 3.66. The number of methoxy groups -OCH3 is 1. The smallest absolute Gasteiger partial charge is 0.657 e. The van der Waals surface area contributed by atoms with Gasteiger partial charge in [-0.25, -0.2) is 0 Å². The summed E-state index contributed by atoms with van der Waals surface area (Å²) in [7, 11) is 1.32. The van der Waals surface area contributed by atoms with E-state index in [0.29, 0.717) is 22.5 Å². The molecule has 41 heavy (non-hydrogen) atoms. The van der Waals surface area contributed by atoms with E-state index < -0.39 is 11.9 Å². The Bertz CT molecular complexity index is 1830. The molecule has 3 aromatic rings. The third-order valence-corrected chi connectivity index (χ3v) is 9.07. The number of fused-ring (bicyclic) bond motifs is 7. The Kier molecular flexibility index (Phi) is 7.36. The van der Waals surface area contributed by atoms with E-state index in [9.17, 15) is 9.59 Å². The molecule has 206 valence electrons. The maximum atomic E-state index is 13.8. The Labute approximate surface area is 256 Å². The maximum absolute atomic E-state index is 13.8. The van der Waals surface area contributed by atoms with E-state index in [-0.39, 0.29) is 40.7 Å². The summed E-state index contributed by atoms with van der Waals surface area (Å²) in [5, 5.41) is 5.28. The third-order valence-electron chi connectivity index (χ3n) is 9.07. The van der Waals surface area contributed by atoms with Gasteiger partial charge < -0.3 is 25.0 Å². The molecule has 2 aliphatic heterocycles. The van der Waals surface area contributed by atoms with Gasteiger partial charge in [-0.1, -0.05) is 73.9 Å². The quantitative estimate of drug-likeness (QED) is 0.300. The molecule has 0 aromatic carbocycles. The fourth-order valence-corrected chi connectivity index (χ4v) is 6.48. The SMILES string of the molecule is C=Cc1c2[n-]c(c1C)/C=C1\N/C(=C3\c4[n-]c(c(C)c4C(=O)[C@@H]3C(=O)OC)/C=c3\[n-]/c(c(C)c3CC)=C\2)[C@@H](C)[C@@H]1C.[Mg+2]. The fourth-order valence-electron chi connectivity index (χ4n) is 6.48. The fraction of sp³-hybridized carbons (Fsp3) is 0.333. The molecule has 5 heterocycles. The molecule has 7 nitrogen and oxygen atoms in total. The Hall–Kier alpha value is -3.49. The van der Waals surface area contributed by atoms with Gasteiger partial charge in [-0.2, -0.15) is 0 Å². The minimum absolute atomic E-state index is 0. The van der Waals surface area contributed by atoms with Gasteiger partial charge in [0.15, 0.2) is 5.78 Å². The molecule has 0 saturated carbocycles. The summed E-state index contributed by atoms with van der Waals surface area (Å²) in [6.45, 7) is 16.5. The zero-order chi connectivity index (χ0) is 28.6. The second-order valence-electron chi connectivity index (χ2n) is 11.0.